The summed E-state index contributed by atoms with van der Waals surface area (Å²) in [5, 5.41) is 6.08. The molecule has 0 bridgehead atoms. The van der Waals surface area contributed by atoms with E-state index in [1.807, 2.05) is 0 Å². The quantitative estimate of drug-likeness (QED) is 0.780. The van der Waals surface area contributed by atoms with Gasteiger partial charge in [-0.05, 0) is 31.5 Å². The fourth-order valence-electron chi connectivity index (χ4n) is 2.08. The molecule has 1 atom stereocenters. The third-order valence-corrected chi connectivity index (χ3v) is 3.13. The fourth-order valence-corrected chi connectivity index (χ4v) is 2.08. The van der Waals surface area contributed by atoms with Crippen molar-refractivity contribution in [3.63, 3.8) is 0 Å². The molecule has 2 rings (SSSR count). The lowest BCUT2D eigenvalue weighted by Crippen LogP contribution is -2.36. The molecular formula is C14H18F2N2O2. The maximum absolute atomic E-state index is 13.3. The smallest absolute Gasteiger partial charge is 0.220 e. The normalized spacial score (nSPS) is 18.0. The monoisotopic (exact) mass is 284 g/mol. The molecule has 0 spiro atoms. The van der Waals surface area contributed by atoms with E-state index in [-0.39, 0.29) is 24.3 Å². The largest absolute Gasteiger partial charge is 0.491 e. The molecule has 20 heavy (non-hydrogen) atoms. The second-order valence-electron chi connectivity index (χ2n) is 4.78. The van der Waals surface area contributed by atoms with E-state index >= 15 is 0 Å². The molecule has 110 valence electrons. The topological polar surface area (TPSA) is 50.4 Å². The first-order chi connectivity index (χ1) is 9.65. The third kappa shape index (κ3) is 4.45. The Morgan fingerprint density at radius 2 is 2.30 bits per heavy atom. The van der Waals surface area contributed by atoms with Gasteiger partial charge in [-0.1, -0.05) is 0 Å². The van der Waals surface area contributed by atoms with E-state index in [2.05, 4.69) is 10.6 Å². The van der Waals surface area contributed by atoms with Crippen molar-refractivity contribution in [2.24, 2.45) is 0 Å². The molecule has 1 aromatic carbocycles. The molecule has 1 saturated heterocycles. The SMILES string of the molecule is O=C(CCCOc1ccc(F)cc1F)NC1CCNC1. The minimum Gasteiger partial charge on any atom is -0.491 e. The van der Waals surface area contributed by atoms with Crippen LogP contribution in [0.4, 0.5) is 8.78 Å². The summed E-state index contributed by atoms with van der Waals surface area (Å²) in [5.74, 6) is -1.39. The highest BCUT2D eigenvalue weighted by Crippen LogP contribution is 2.17. The molecule has 1 aliphatic rings. The van der Waals surface area contributed by atoms with Crippen molar-refractivity contribution in [3.8, 4) is 5.75 Å². The molecule has 0 saturated carbocycles. The van der Waals surface area contributed by atoms with Crippen molar-refractivity contribution in [2.45, 2.75) is 25.3 Å². The summed E-state index contributed by atoms with van der Waals surface area (Å²) in [7, 11) is 0. The van der Waals surface area contributed by atoms with Gasteiger partial charge < -0.3 is 15.4 Å². The van der Waals surface area contributed by atoms with Crippen molar-refractivity contribution < 1.29 is 18.3 Å². The Morgan fingerprint density at radius 3 is 3.00 bits per heavy atom. The van der Waals surface area contributed by atoms with Crippen LogP contribution in [0.1, 0.15) is 19.3 Å². The minimum absolute atomic E-state index is 0.00630. The summed E-state index contributed by atoms with van der Waals surface area (Å²) >= 11 is 0. The number of benzene rings is 1. The van der Waals surface area contributed by atoms with Gasteiger partial charge in [0.2, 0.25) is 5.91 Å². The zero-order valence-electron chi connectivity index (χ0n) is 11.1. The first-order valence-electron chi connectivity index (χ1n) is 6.73. The average molecular weight is 284 g/mol. The van der Waals surface area contributed by atoms with Gasteiger partial charge in [0, 0.05) is 25.1 Å². The van der Waals surface area contributed by atoms with E-state index in [0.29, 0.717) is 12.8 Å². The summed E-state index contributed by atoms with van der Waals surface area (Å²) in [6.07, 6.45) is 1.77. The van der Waals surface area contributed by atoms with Crippen LogP contribution in [0.25, 0.3) is 0 Å². The lowest BCUT2D eigenvalue weighted by atomic mass is 10.2. The van der Waals surface area contributed by atoms with E-state index in [1.54, 1.807) is 0 Å². The number of carbonyl (C=O) groups is 1. The van der Waals surface area contributed by atoms with Crippen molar-refractivity contribution in [2.75, 3.05) is 19.7 Å². The summed E-state index contributed by atoms with van der Waals surface area (Å²) in [6, 6.07) is 3.36. The predicted molar refractivity (Wildman–Crippen MR) is 70.5 cm³/mol. The molecule has 1 heterocycles. The van der Waals surface area contributed by atoms with Gasteiger partial charge in [-0.3, -0.25) is 4.79 Å². The van der Waals surface area contributed by atoms with Gasteiger partial charge in [-0.15, -0.1) is 0 Å². The van der Waals surface area contributed by atoms with E-state index < -0.39 is 11.6 Å². The van der Waals surface area contributed by atoms with Gasteiger partial charge in [0.25, 0.3) is 0 Å². The minimum atomic E-state index is -0.730. The molecule has 2 N–H and O–H groups in total. The van der Waals surface area contributed by atoms with Crippen LogP contribution in [-0.4, -0.2) is 31.6 Å². The van der Waals surface area contributed by atoms with Crippen LogP contribution < -0.4 is 15.4 Å². The number of amides is 1. The molecule has 4 nitrogen and oxygen atoms in total. The summed E-state index contributed by atoms with van der Waals surface area (Å²) in [4.78, 5) is 11.6. The summed E-state index contributed by atoms with van der Waals surface area (Å²) < 4.78 is 31.1. The lowest BCUT2D eigenvalue weighted by Gasteiger charge is -2.11. The number of ether oxygens (including phenoxy) is 1. The number of nitrogens with one attached hydrogen (secondary N) is 2. The third-order valence-electron chi connectivity index (χ3n) is 3.13. The van der Waals surface area contributed by atoms with Crippen LogP contribution >= 0.6 is 0 Å². The van der Waals surface area contributed by atoms with Crippen LogP contribution in [0.3, 0.4) is 0 Å². The highest BCUT2D eigenvalue weighted by Gasteiger charge is 2.16. The van der Waals surface area contributed by atoms with Crippen LogP contribution in [-0.2, 0) is 4.79 Å². The molecule has 1 aromatic rings. The Morgan fingerprint density at radius 1 is 1.45 bits per heavy atom. The highest BCUT2D eigenvalue weighted by molar-refractivity contribution is 5.76. The van der Waals surface area contributed by atoms with Crippen LogP contribution in [0.15, 0.2) is 18.2 Å². The van der Waals surface area contributed by atoms with E-state index in [0.717, 1.165) is 31.6 Å². The average Bonchev–Trinajstić information content (AvgIpc) is 2.89. The molecule has 1 unspecified atom stereocenters. The van der Waals surface area contributed by atoms with Gasteiger partial charge in [0.15, 0.2) is 11.6 Å². The number of carbonyl (C=O) groups excluding carboxylic acids is 1. The summed E-state index contributed by atoms with van der Waals surface area (Å²) in [6.45, 7) is 1.96. The van der Waals surface area contributed by atoms with Gasteiger partial charge in [-0.25, -0.2) is 8.78 Å². The first kappa shape index (κ1) is 14.7. The number of rotatable bonds is 6. The Labute approximate surface area is 116 Å². The molecule has 1 fully saturated rings. The van der Waals surface area contributed by atoms with Crippen LogP contribution in [0.2, 0.25) is 0 Å². The standard InChI is InChI=1S/C14H18F2N2O2/c15-10-3-4-13(12(16)8-10)20-7-1-2-14(19)18-11-5-6-17-9-11/h3-4,8,11,17H,1-2,5-7,9H2,(H,18,19). The van der Waals surface area contributed by atoms with E-state index in [4.69, 9.17) is 4.74 Å². The Bertz CT molecular complexity index is 462. The first-order valence-corrected chi connectivity index (χ1v) is 6.73. The van der Waals surface area contributed by atoms with Crippen molar-refractivity contribution in [3.05, 3.63) is 29.8 Å². The zero-order chi connectivity index (χ0) is 14.4. The van der Waals surface area contributed by atoms with Crippen LogP contribution in [0, 0.1) is 11.6 Å². The van der Waals surface area contributed by atoms with Gasteiger partial charge in [0.1, 0.15) is 5.82 Å². The summed E-state index contributed by atoms with van der Waals surface area (Å²) in [5.41, 5.74) is 0. The van der Waals surface area contributed by atoms with Gasteiger partial charge >= 0.3 is 0 Å². The van der Waals surface area contributed by atoms with Gasteiger partial charge in [0.05, 0.1) is 6.61 Å². The fraction of sp³-hybridized carbons (Fsp3) is 0.500. The molecule has 1 amide bonds. The molecule has 0 aromatic heterocycles. The second-order valence-corrected chi connectivity index (χ2v) is 4.78. The van der Waals surface area contributed by atoms with E-state index in [9.17, 15) is 13.6 Å². The lowest BCUT2D eigenvalue weighted by molar-refractivity contribution is -0.121. The number of halogens is 2. The van der Waals surface area contributed by atoms with Crippen molar-refractivity contribution >= 4 is 5.91 Å². The van der Waals surface area contributed by atoms with Crippen LogP contribution in [0.5, 0.6) is 5.75 Å². The van der Waals surface area contributed by atoms with Gasteiger partial charge in [-0.2, -0.15) is 0 Å². The molecule has 0 radical (unpaired) electrons. The predicted octanol–water partition coefficient (Wildman–Crippen LogP) is 1.60. The maximum atomic E-state index is 13.3. The second kappa shape index (κ2) is 7.19. The Hall–Kier alpha value is -1.69. The zero-order valence-corrected chi connectivity index (χ0v) is 11.1. The van der Waals surface area contributed by atoms with E-state index in [1.165, 1.54) is 6.07 Å². The number of hydrogen-bond donors (Lipinski definition) is 2. The molecule has 6 heteroatoms. The van der Waals surface area contributed by atoms with Crippen molar-refractivity contribution in [1.29, 1.82) is 0 Å². The molecule has 1 aliphatic heterocycles. The Balaban J connectivity index is 1.64. The highest BCUT2D eigenvalue weighted by atomic mass is 19.1. The Kier molecular flexibility index (Phi) is 5.29. The number of hydrogen-bond acceptors (Lipinski definition) is 3. The molecule has 0 aliphatic carbocycles. The maximum Gasteiger partial charge on any atom is 0.220 e. The van der Waals surface area contributed by atoms with Crippen molar-refractivity contribution in [1.82, 2.24) is 10.6 Å². The molecular weight excluding hydrogens is 266 g/mol.